The molecule has 35 heavy (non-hydrogen) atoms. The molecule has 0 atom stereocenters. The predicted octanol–water partition coefficient (Wildman–Crippen LogP) is 4.51. The number of ether oxygens (including phenoxy) is 1. The number of anilines is 1. The molecule has 1 heterocycles. The van der Waals surface area contributed by atoms with Crippen molar-refractivity contribution in [2.75, 3.05) is 5.32 Å². The van der Waals surface area contributed by atoms with Gasteiger partial charge in [-0.05, 0) is 30.3 Å². The van der Waals surface area contributed by atoms with Crippen LogP contribution in [-0.4, -0.2) is 27.0 Å². The van der Waals surface area contributed by atoms with Gasteiger partial charge in [-0.1, -0.05) is 30.3 Å². The summed E-state index contributed by atoms with van der Waals surface area (Å²) in [6.45, 7) is -0.508. The lowest BCUT2D eigenvalue weighted by Gasteiger charge is -2.12. The minimum Gasteiger partial charge on any atom is -0.406 e. The Hall–Kier alpha value is -4.74. The lowest BCUT2D eigenvalue weighted by molar-refractivity contribution is -0.384. The summed E-state index contributed by atoms with van der Waals surface area (Å²) in [5.41, 5.74) is 0.105. The highest BCUT2D eigenvalue weighted by Crippen LogP contribution is 2.28. The van der Waals surface area contributed by atoms with Crippen molar-refractivity contribution in [2.45, 2.75) is 12.9 Å². The van der Waals surface area contributed by atoms with E-state index in [1.807, 2.05) is 0 Å². The van der Waals surface area contributed by atoms with Gasteiger partial charge in [0.15, 0.2) is 0 Å². The van der Waals surface area contributed by atoms with Gasteiger partial charge in [0.1, 0.15) is 12.3 Å². The quantitative estimate of drug-likeness (QED) is 0.318. The molecule has 0 aliphatic heterocycles. The highest BCUT2D eigenvalue weighted by Gasteiger charge is 2.31. The molecule has 178 valence electrons. The Kier molecular flexibility index (Phi) is 6.19. The van der Waals surface area contributed by atoms with Crippen molar-refractivity contribution in [1.29, 1.82) is 0 Å². The summed E-state index contributed by atoms with van der Waals surface area (Å²) in [5.74, 6) is -1.12. The lowest BCUT2D eigenvalue weighted by atomic mass is 10.0. The zero-order chi connectivity index (χ0) is 25.2. The summed E-state index contributed by atoms with van der Waals surface area (Å²) in [6.07, 6.45) is -4.84. The van der Waals surface area contributed by atoms with E-state index in [1.165, 1.54) is 30.3 Å². The van der Waals surface area contributed by atoms with E-state index >= 15 is 0 Å². The Morgan fingerprint density at radius 2 is 1.71 bits per heavy atom. The van der Waals surface area contributed by atoms with E-state index in [2.05, 4.69) is 15.2 Å². The third-order valence-electron chi connectivity index (χ3n) is 4.86. The number of rotatable bonds is 6. The first-order valence-corrected chi connectivity index (χ1v) is 10.0. The molecule has 0 aliphatic rings. The maximum absolute atomic E-state index is 12.9. The van der Waals surface area contributed by atoms with Gasteiger partial charge in [0.2, 0.25) is 5.91 Å². The SMILES string of the molecule is O=C(Cn1nc(-c2cccc([N+](=O)[O-])c2)c2ccccc2c1=O)Nc1ccc(OC(F)(F)F)cc1. The Bertz CT molecular complexity index is 1480. The number of nitro benzene ring substituents is 1. The Labute approximate surface area is 194 Å². The maximum Gasteiger partial charge on any atom is 0.573 e. The number of carbonyl (C=O) groups is 1. The molecule has 1 N–H and O–H groups in total. The van der Waals surface area contributed by atoms with Crippen molar-refractivity contribution in [3.05, 3.63) is 93.3 Å². The van der Waals surface area contributed by atoms with Crippen LogP contribution in [0.25, 0.3) is 22.0 Å². The van der Waals surface area contributed by atoms with E-state index in [-0.39, 0.29) is 22.5 Å². The van der Waals surface area contributed by atoms with Crippen molar-refractivity contribution in [3.8, 4) is 17.0 Å². The van der Waals surface area contributed by atoms with Crippen LogP contribution in [0.3, 0.4) is 0 Å². The van der Waals surface area contributed by atoms with Gasteiger partial charge in [-0.15, -0.1) is 13.2 Å². The number of nitro groups is 1. The van der Waals surface area contributed by atoms with Gasteiger partial charge in [0.25, 0.3) is 11.2 Å². The molecule has 0 fully saturated rings. The normalized spacial score (nSPS) is 11.3. The molecular weight excluding hydrogens is 469 g/mol. The van der Waals surface area contributed by atoms with Crippen molar-refractivity contribution in [1.82, 2.24) is 9.78 Å². The summed E-state index contributed by atoms with van der Waals surface area (Å²) >= 11 is 0. The second-order valence-corrected chi connectivity index (χ2v) is 7.28. The van der Waals surface area contributed by atoms with Crippen LogP contribution in [0.15, 0.2) is 77.6 Å². The number of amides is 1. The molecule has 0 saturated heterocycles. The number of nitrogens with zero attached hydrogens (tertiary/aromatic N) is 3. The Morgan fingerprint density at radius 3 is 2.37 bits per heavy atom. The van der Waals surface area contributed by atoms with Crippen LogP contribution in [0.2, 0.25) is 0 Å². The standard InChI is InChI=1S/C23H15F3N4O5/c24-23(25,26)35-17-10-8-15(9-11-17)27-20(31)13-29-22(32)19-7-2-1-6-18(19)21(28-29)14-4-3-5-16(12-14)30(33)34/h1-12H,13H2,(H,27,31). The van der Waals surface area contributed by atoms with Crippen LogP contribution < -0.4 is 15.6 Å². The van der Waals surface area contributed by atoms with Crippen LogP contribution in [0.5, 0.6) is 5.75 Å². The molecule has 1 amide bonds. The first-order chi connectivity index (χ1) is 16.6. The smallest absolute Gasteiger partial charge is 0.406 e. The molecule has 12 heteroatoms. The number of benzene rings is 3. The summed E-state index contributed by atoms with van der Waals surface area (Å²) in [6, 6.07) is 16.7. The monoisotopic (exact) mass is 484 g/mol. The van der Waals surface area contributed by atoms with Gasteiger partial charge >= 0.3 is 6.36 Å². The molecule has 1 aromatic heterocycles. The first kappa shape index (κ1) is 23.4. The molecular formula is C23H15F3N4O5. The lowest BCUT2D eigenvalue weighted by Crippen LogP contribution is -2.30. The molecule has 0 bridgehead atoms. The van der Waals surface area contributed by atoms with Gasteiger partial charge in [0.05, 0.1) is 16.0 Å². The fraction of sp³-hybridized carbons (Fsp3) is 0.0870. The fourth-order valence-corrected chi connectivity index (χ4v) is 3.40. The average Bonchev–Trinajstić information content (AvgIpc) is 2.81. The van der Waals surface area contributed by atoms with E-state index in [9.17, 15) is 32.9 Å². The molecule has 0 radical (unpaired) electrons. The topological polar surface area (TPSA) is 116 Å². The molecule has 0 saturated carbocycles. The van der Waals surface area contributed by atoms with Gasteiger partial charge in [0, 0.05) is 28.8 Å². The summed E-state index contributed by atoms with van der Waals surface area (Å²) in [4.78, 5) is 36.1. The van der Waals surface area contributed by atoms with Crippen LogP contribution in [-0.2, 0) is 11.3 Å². The Balaban J connectivity index is 1.64. The number of aromatic nitrogens is 2. The van der Waals surface area contributed by atoms with E-state index in [1.54, 1.807) is 30.3 Å². The minimum atomic E-state index is -4.84. The Morgan fingerprint density at radius 1 is 1.03 bits per heavy atom. The van der Waals surface area contributed by atoms with Crippen LogP contribution >= 0.6 is 0 Å². The highest BCUT2D eigenvalue weighted by atomic mass is 19.4. The highest BCUT2D eigenvalue weighted by molar-refractivity contribution is 5.95. The molecule has 4 aromatic rings. The number of halogens is 3. The number of fused-ring (bicyclic) bond motifs is 1. The summed E-state index contributed by atoms with van der Waals surface area (Å²) in [7, 11) is 0. The van der Waals surface area contributed by atoms with Crippen LogP contribution in [0.4, 0.5) is 24.5 Å². The second-order valence-electron chi connectivity index (χ2n) is 7.28. The molecule has 3 aromatic carbocycles. The van der Waals surface area contributed by atoms with Crippen LogP contribution in [0, 0.1) is 10.1 Å². The summed E-state index contributed by atoms with van der Waals surface area (Å²) < 4.78 is 41.6. The zero-order valence-electron chi connectivity index (χ0n) is 17.7. The number of nitrogens with one attached hydrogen (secondary N) is 1. The summed E-state index contributed by atoms with van der Waals surface area (Å²) in [5, 5.41) is 18.7. The fourth-order valence-electron chi connectivity index (χ4n) is 3.40. The number of hydrogen-bond donors (Lipinski definition) is 1. The van der Waals surface area contributed by atoms with Crippen molar-refractivity contribution >= 4 is 28.1 Å². The van der Waals surface area contributed by atoms with Crippen LogP contribution in [0.1, 0.15) is 0 Å². The first-order valence-electron chi connectivity index (χ1n) is 10.0. The van der Waals surface area contributed by atoms with E-state index in [4.69, 9.17) is 0 Å². The van der Waals surface area contributed by atoms with Gasteiger partial charge in [-0.25, -0.2) is 4.68 Å². The molecule has 0 spiro atoms. The predicted molar refractivity (Wildman–Crippen MR) is 120 cm³/mol. The largest absolute Gasteiger partial charge is 0.573 e. The van der Waals surface area contributed by atoms with Crippen molar-refractivity contribution < 1.29 is 27.6 Å². The van der Waals surface area contributed by atoms with Gasteiger partial charge < -0.3 is 10.1 Å². The number of non-ortho nitro benzene ring substituents is 1. The van der Waals surface area contributed by atoms with Gasteiger partial charge in [-0.3, -0.25) is 19.7 Å². The van der Waals surface area contributed by atoms with E-state index in [0.29, 0.717) is 10.9 Å². The third-order valence-corrected chi connectivity index (χ3v) is 4.86. The number of hydrogen-bond acceptors (Lipinski definition) is 6. The van der Waals surface area contributed by atoms with Crippen molar-refractivity contribution in [2.24, 2.45) is 0 Å². The maximum atomic E-state index is 12.9. The molecule has 0 aliphatic carbocycles. The number of carbonyl (C=O) groups excluding carboxylic acids is 1. The second kappa shape index (κ2) is 9.25. The number of alkyl halides is 3. The molecule has 9 nitrogen and oxygen atoms in total. The average molecular weight is 484 g/mol. The van der Waals surface area contributed by atoms with Crippen molar-refractivity contribution in [3.63, 3.8) is 0 Å². The molecule has 0 unspecified atom stereocenters. The molecule has 4 rings (SSSR count). The zero-order valence-corrected chi connectivity index (χ0v) is 17.7. The van der Waals surface area contributed by atoms with Gasteiger partial charge in [-0.2, -0.15) is 5.10 Å². The van der Waals surface area contributed by atoms with E-state index in [0.717, 1.165) is 16.8 Å². The third kappa shape index (κ3) is 5.43. The van der Waals surface area contributed by atoms with E-state index < -0.39 is 35.0 Å². The minimum absolute atomic E-state index is 0.165.